The van der Waals surface area contributed by atoms with E-state index in [0.717, 1.165) is 13.0 Å². The van der Waals surface area contributed by atoms with Crippen molar-refractivity contribution in [2.75, 3.05) is 26.0 Å². The first-order valence-corrected chi connectivity index (χ1v) is 7.12. The van der Waals surface area contributed by atoms with Crippen molar-refractivity contribution in [3.05, 3.63) is 47.8 Å². The Morgan fingerprint density at radius 3 is 2.45 bits per heavy atom. The number of benzene rings is 1. The molecule has 108 valence electrons. The van der Waals surface area contributed by atoms with Crippen LogP contribution in [0.15, 0.2) is 36.7 Å². The third kappa shape index (κ3) is 3.20. The zero-order valence-corrected chi connectivity index (χ0v) is 12.8. The van der Waals surface area contributed by atoms with E-state index < -0.39 is 0 Å². The van der Waals surface area contributed by atoms with E-state index in [1.807, 2.05) is 17.9 Å². The fourth-order valence-corrected chi connectivity index (χ4v) is 2.37. The van der Waals surface area contributed by atoms with Crippen molar-refractivity contribution in [3.8, 4) is 0 Å². The van der Waals surface area contributed by atoms with Crippen molar-refractivity contribution in [1.29, 1.82) is 0 Å². The number of nitrogens with zero attached hydrogens (tertiary/aromatic N) is 3. The average molecular weight is 272 g/mol. The molecule has 1 atom stereocenters. The van der Waals surface area contributed by atoms with Crippen molar-refractivity contribution >= 4 is 5.69 Å². The largest absolute Gasteiger partial charge is 0.378 e. The van der Waals surface area contributed by atoms with Crippen LogP contribution in [0.25, 0.3) is 0 Å². The Kier molecular flexibility index (Phi) is 4.79. The van der Waals surface area contributed by atoms with Crippen molar-refractivity contribution in [2.24, 2.45) is 0 Å². The Bertz CT molecular complexity index is 528. The molecule has 0 aliphatic rings. The Hall–Kier alpha value is -1.81. The maximum Gasteiger partial charge on any atom is 0.0605 e. The summed E-state index contributed by atoms with van der Waals surface area (Å²) in [5, 5.41) is 7.79. The molecule has 0 bridgehead atoms. The van der Waals surface area contributed by atoms with E-state index in [0.29, 0.717) is 0 Å². The molecular formula is C16H24N4. The van der Waals surface area contributed by atoms with Crippen LogP contribution in [0.2, 0.25) is 0 Å². The Labute approximate surface area is 121 Å². The molecule has 4 nitrogen and oxygen atoms in total. The minimum Gasteiger partial charge on any atom is -0.378 e. The molecule has 0 saturated carbocycles. The Morgan fingerprint density at radius 1 is 1.20 bits per heavy atom. The highest BCUT2D eigenvalue weighted by Crippen LogP contribution is 2.23. The predicted molar refractivity (Wildman–Crippen MR) is 84.2 cm³/mol. The van der Waals surface area contributed by atoms with E-state index in [9.17, 15) is 0 Å². The van der Waals surface area contributed by atoms with Gasteiger partial charge in [0.15, 0.2) is 0 Å². The van der Waals surface area contributed by atoms with Crippen LogP contribution in [0.5, 0.6) is 0 Å². The van der Waals surface area contributed by atoms with Crippen LogP contribution >= 0.6 is 0 Å². The summed E-state index contributed by atoms with van der Waals surface area (Å²) in [5.41, 5.74) is 3.68. The molecule has 0 spiro atoms. The molecule has 0 radical (unpaired) electrons. The molecule has 1 aromatic heterocycles. The molecule has 0 aliphatic carbocycles. The van der Waals surface area contributed by atoms with Crippen molar-refractivity contribution < 1.29 is 0 Å². The van der Waals surface area contributed by atoms with Crippen LogP contribution in [-0.4, -0.2) is 30.9 Å². The molecule has 0 aliphatic heterocycles. The highest BCUT2D eigenvalue weighted by Gasteiger charge is 2.14. The number of aromatic nitrogens is 2. The summed E-state index contributed by atoms with van der Waals surface area (Å²) >= 11 is 0. The number of hydrogen-bond donors (Lipinski definition) is 1. The zero-order chi connectivity index (χ0) is 14.5. The number of aryl methyl sites for hydroxylation is 1. The van der Waals surface area contributed by atoms with Crippen molar-refractivity contribution in [3.63, 3.8) is 0 Å². The summed E-state index contributed by atoms with van der Waals surface area (Å²) in [4.78, 5) is 2.11. The predicted octanol–water partition coefficient (Wildman–Crippen LogP) is 2.67. The van der Waals surface area contributed by atoms with Crippen molar-refractivity contribution in [2.45, 2.75) is 25.9 Å². The van der Waals surface area contributed by atoms with Crippen LogP contribution in [0.1, 0.15) is 30.5 Å². The zero-order valence-electron chi connectivity index (χ0n) is 12.8. The van der Waals surface area contributed by atoms with E-state index >= 15 is 0 Å². The van der Waals surface area contributed by atoms with E-state index in [-0.39, 0.29) is 6.04 Å². The maximum atomic E-state index is 4.41. The van der Waals surface area contributed by atoms with Gasteiger partial charge in [-0.1, -0.05) is 19.1 Å². The van der Waals surface area contributed by atoms with Gasteiger partial charge in [-0.2, -0.15) is 5.10 Å². The SMILES string of the molecule is CCCn1cc(C(NC)c2ccc(N(C)C)cc2)cn1. The number of nitrogens with one attached hydrogen (secondary N) is 1. The van der Waals surface area contributed by atoms with E-state index in [4.69, 9.17) is 0 Å². The van der Waals surface area contributed by atoms with Gasteiger partial charge in [0, 0.05) is 38.1 Å². The molecular weight excluding hydrogens is 248 g/mol. The molecule has 2 rings (SSSR count). The minimum absolute atomic E-state index is 0.191. The van der Waals surface area contributed by atoms with Crippen molar-refractivity contribution in [1.82, 2.24) is 15.1 Å². The lowest BCUT2D eigenvalue weighted by Crippen LogP contribution is -2.17. The van der Waals surface area contributed by atoms with E-state index in [2.05, 4.69) is 66.8 Å². The van der Waals surface area contributed by atoms with Crippen LogP contribution in [-0.2, 0) is 6.54 Å². The summed E-state index contributed by atoms with van der Waals surface area (Å²) in [5.74, 6) is 0. The number of hydrogen-bond acceptors (Lipinski definition) is 3. The van der Waals surface area contributed by atoms with Gasteiger partial charge in [-0.05, 0) is 31.2 Å². The summed E-state index contributed by atoms with van der Waals surface area (Å²) in [7, 11) is 6.10. The Balaban J connectivity index is 2.22. The molecule has 1 heterocycles. The second-order valence-corrected chi connectivity index (χ2v) is 5.24. The lowest BCUT2D eigenvalue weighted by Gasteiger charge is -2.17. The molecule has 20 heavy (non-hydrogen) atoms. The normalized spacial score (nSPS) is 12.4. The summed E-state index contributed by atoms with van der Waals surface area (Å²) in [6.07, 6.45) is 5.18. The number of anilines is 1. The van der Waals surface area contributed by atoms with E-state index in [1.165, 1.54) is 16.8 Å². The molecule has 1 N–H and O–H groups in total. The van der Waals surface area contributed by atoms with Gasteiger partial charge in [-0.15, -0.1) is 0 Å². The molecule has 2 aromatic rings. The first-order valence-electron chi connectivity index (χ1n) is 7.12. The fraction of sp³-hybridized carbons (Fsp3) is 0.438. The highest BCUT2D eigenvalue weighted by atomic mass is 15.3. The van der Waals surface area contributed by atoms with Crippen LogP contribution in [0, 0.1) is 0 Å². The smallest absolute Gasteiger partial charge is 0.0605 e. The van der Waals surface area contributed by atoms with Crippen LogP contribution in [0.4, 0.5) is 5.69 Å². The fourth-order valence-electron chi connectivity index (χ4n) is 2.37. The molecule has 1 aromatic carbocycles. The van der Waals surface area contributed by atoms with Crippen LogP contribution < -0.4 is 10.2 Å². The van der Waals surface area contributed by atoms with Gasteiger partial charge in [0.25, 0.3) is 0 Å². The average Bonchev–Trinajstić information content (AvgIpc) is 2.89. The highest BCUT2D eigenvalue weighted by molar-refractivity contribution is 5.47. The first kappa shape index (κ1) is 14.6. The molecule has 0 amide bonds. The van der Waals surface area contributed by atoms with Crippen LogP contribution in [0.3, 0.4) is 0 Å². The topological polar surface area (TPSA) is 33.1 Å². The molecule has 0 fully saturated rings. The van der Waals surface area contributed by atoms with Gasteiger partial charge in [0.1, 0.15) is 0 Å². The second-order valence-electron chi connectivity index (χ2n) is 5.24. The Morgan fingerprint density at radius 2 is 1.90 bits per heavy atom. The minimum atomic E-state index is 0.191. The molecule has 4 heteroatoms. The maximum absolute atomic E-state index is 4.41. The van der Waals surface area contributed by atoms with Gasteiger partial charge in [0.2, 0.25) is 0 Å². The van der Waals surface area contributed by atoms with Gasteiger partial charge >= 0.3 is 0 Å². The third-order valence-corrected chi connectivity index (χ3v) is 3.47. The summed E-state index contributed by atoms with van der Waals surface area (Å²) < 4.78 is 2.01. The van der Waals surface area contributed by atoms with Gasteiger partial charge in [-0.3, -0.25) is 4.68 Å². The monoisotopic (exact) mass is 272 g/mol. The quantitative estimate of drug-likeness (QED) is 0.877. The molecule has 1 unspecified atom stereocenters. The first-order chi connectivity index (χ1) is 9.65. The van der Waals surface area contributed by atoms with Gasteiger partial charge in [0.05, 0.1) is 12.2 Å². The third-order valence-electron chi connectivity index (χ3n) is 3.47. The van der Waals surface area contributed by atoms with E-state index in [1.54, 1.807) is 0 Å². The summed E-state index contributed by atoms with van der Waals surface area (Å²) in [6.45, 7) is 3.13. The van der Waals surface area contributed by atoms with Gasteiger partial charge < -0.3 is 10.2 Å². The second kappa shape index (κ2) is 6.57. The molecule has 0 saturated heterocycles. The van der Waals surface area contributed by atoms with Gasteiger partial charge in [-0.25, -0.2) is 0 Å². The summed E-state index contributed by atoms with van der Waals surface area (Å²) in [6, 6.07) is 8.84. The lowest BCUT2D eigenvalue weighted by atomic mass is 10.0. The lowest BCUT2D eigenvalue weighted by molar-refractivity contribution is 0.600. The number of rotatable bonds is 6. The standard InChI is InChI=1S/C16H24N4/c1-5-10-20-12-14(11-18-20)16(17-2)13-6-8-15(9-7-13)19(3)4/h6-9,11-12,16-17H,5,10H2,1-4H3.